The van der Waals surface area contributed by atoms with Gasteiger partial charge in [-0.1, -0.05) is 13.8 Å². The van der Waals surface area contributed by atoms with Gasteiger partial charge in [0, 0.05) is 13.0 Å². The Labute approximate surface area is 76.0 Å². The highest BCUT2D eigenvalue weighted by Crippen LogP contribution is 1.95. The quantitative estimate of drug-likeness (QED) is 0.652. The Hall–Kier alpha value is -1.39. The maximum Gasteiger partial charge on any atom is 0.345 e. The number of nitrogens with zero attached hydrogens (tertiary/aromatic N) is 3. The first-order chi connectivity index (χ1) is 6.02. The van der Waals surface area contributed by atoms with Crippen LogP contribution in [-0.4, -0.2) is 20.1 Å². The summed E-state index contributed by atoms with van der Waals surface area (Å²) in [5.41, 5.74) is -0.256. The van der Waals surface area contributed by atoms with E-state index >= 15 is 0 Å². The van der Waals surface area contributed by atoms with Gasteiger partial charge in [0.15, 0.2) is 5.78 Å². The van der Waals surface area contributed by atoms with Crippen molar-refractivity contribution >= 4 is 5.78 Å². The molecule has 1 aromatic rings. The molecule has 0 N–H and O–H groups in total. The minimum atomic E-state index is -0.256. The second kappa shape index (κ2) is 3.55. The van der Waals surface area contributed by atoms with Gasteiger partial charge in [-0.15, -0.1) is 0 Å². The van der Waals surface area contributed by atoms with E-state index in [0.29, 0.717) is 0 Å². The van der Waals surface area contributed by atoms with Gasteiger partial charge in [-0.3, -0.25) is 9.36 Å². The van der Waals surface area contributed by atoms with Crippen LogP contribution in [0.25, 0.3) is 0 Å². The summed E-state index contributed by atoms with van der Waals surface area (Å²) >= 11 is 0. The third-order valence-electron chi connectivity index (χ3n) is 1.86. The molecule has 0 atom stereocenters. The maximum absolute atomic E-state index is 11.3. The van der Waals surface area contributed by atoms with Crippen LogP contribution in [0.3, 0.4) is 0 Å². The molecule has 0 radical (unpaired) electrons. The first kappa shape index (κ1) is 9.70. The zero-order chi connectivity index (χ0) is 10.0. The third kappa shape index (κ3) is 2.05. The SMILES string of the molecule is CC(C)C(=O)Cn1cnn(C)c1=O. The lowest BCUT2D eigenvalue weighted by molar-refractivity contribution is -0.122. The summed E-state index contributed by atoms with van der Waals surface area (Å²) in [5, 5.41) is 3.74. The van der Waals surface area contributed by atoms with Gasteiger partial charge in [0.1, 0.15) is 6.33 Å². The molecule has 0 aromatic carbocycles. The summed E-state index contributed by atoms with van der Waals surface area (Å²) in [4.78, 5) is 22.5. The Morgan fingerprint density at radius 3 is 2.62 bits per heavy atom. The average molecular weight is 183 g/mol. The maximum atomic E-state index is 11.3. The Balaban J connectivity index is 2.81. The Morgan fingerprint density at radius 1 is 1.62 bits per heavy atom. The molecule has 0 saturated carbocycles. The second-order valence-corrected chi connectivity index (χ2v) is 3.29. The molecule has 0 saturated heterocycles. The molecular formula is C8H13N3O2. The molecular weight excluding hydrogens is 170 g/mol. The molecule has 1 aromatic heterocycles. The van der Waals surface area contributed by atoms with E-state index in [2.05, 4.69) is 5.10 Å². The molecule has 5 heteroatoms. The molecule has 5 nitrogen and oxygen atoms in total. The van der Waals surface area contributed by atoms with Crippen molar-refractivity contribution in [3.63, 3.8) is 0 Å². The van der Waals surface area contributed by atoms with Gasteiger partial charge in [0.2, 0.25) is 0 Å². The monoisotopic (exact) mass is 183 g/mol. The van der Waals surface area contributed by atoms with Gasteiger partial charge in [-0.05, 0) is 0 Å². The molecule has 0 fully saturated rings. The van der Waals surface area contributed by atoms with Crippen molar-refractivity contribution in [1.29, 1.82) is 0 Å². The molecule has 72 valence electrons. The minimum Gasteiger partial charge on any atom is -0.297 e. The molecule has 0 bridgehead atoms. The van der Waals surface area contributed by atoms with Crippen LogP contribution in [0.2, 0.25) is 0 Å². The van der Waals surface area contributed by atoms with Crippen LogP contribution in [0.5, 0.6) is 0 Å². The van der Waals surface area contributed by atoms with Crippen LogP contribution < -0.4 is 5.69 Å². The zero-order valence-corrected chi connectivity index (χ0v) is 8.02. The van der Waals surface area contributed by atoms with E-state index in [1.165, 1.54) is 15.6 Å². The molecule has 1 rings (SSSR count). The molecule has 1 heterocycles. The highest BCUT2D eigenvalue weighted by Gasteiger charge is 2.10. The lowest BCUT2D eigenvalue weighted by Crippen LogP contribution is -2.27. The Morgan fingerprint density at radius 2 is 2.23 bits per heavy atom. The van der Waals surface area contributed by atoms with E-state index in [-0.39, 0.29) is 23.9 Å². The fourth-order valence-corrected chi connectivity index (χ4v) is 0.883. The highest BCUT2D eigenvalue weighted by molar-refractivity contribution is 5.79. The van der Waals surface area contributed by atoms with E-state index in [1.54, 1.807) is 7.05 Å². The van der Waals surface area contributed by atoms with Gasteiger partial charge in [-0.2, -0.15) is 5.10 Å². The summed E-state index contributed by atoms with van der Waals surface area (Å²) < 4.78 is 2.51. The van der Waals surface area contributed by atoms with Crippen LogP contribution in [0.1, 0.15) is 13.8 Å². The van der Waals surface area contributed by atoms with Crippen LogP contribution >= 0.6 is 0 Å². The van der Waals surface area contributed by atoms with E-state index < -0.39 is 0 Å². The topological polar surface area (TPSA) is 56.9 Å². The van der Waals surface area contributed by atoms with Crippen molar-refractivity contribution in [3.05, 3.63) is 16.8 Å². The number of carbonyl (C=O) groups excluding carboxylic acids is 1. The van der Waals surface area contributed by atoms with Gasteiger partial charge < -0.3 is 0 Å². The smallest absolute Gasteiger partial charge is 0.297 e. The van der Waals surface area contributed by atoms with Gasteiger partial charge in [0.05, 0.1) is 6.54 Å². The van der Waals surface area contributed by atoms with Crippen molar-refractivity contribution in [3.8, 4) is 0 Å². The van der Waals surface area contributed by atoms with Crippen LogP contribution in [0, 0.1) is 5.92 Å². The van der Waals surface area contributed by atoms with Gasteiger partial charge in [0.25, 0.3) is 0 Å². The van der Waals surface area contributed by atoms with E-state index in [1.807, 2.05) is 13.8 Å². The highest BCUT2D eigenvalue weighted by atomic mass is 16.2. The largest absolute Gasteiger partial charge is 0.345 e. The average Bonchev–Trinajstić information content (AvgIpc) is 2.36. The number of hydrogen-bond donors (Lipinski definition) is 0. The van der Waals surface area contributed by atoms with Crippen molar-refractivity contribution in [2.75, 3.05) is 0 Å². The van der Waals surface area contributed by atoms with E-state index in [4.69, 9.17) is 0 Å². The van der Waals surface area contributed by atoms with Crippen LogP contribution in [-0.2, 0) is 18.4 Å². The van der Waals surface area contributed by atoms with Crippen molar-refractivity contribution in [2.24, 2.45) is 13.0 Å². The predicted molar refractivity (Wildman–Crippen MR) is 47.3 cm³/mol. The molecule has 0 spiro atoms. The number of ketones is 1. The number of rotatable bonds is 3. The van der Waals surface area contributed by atoms with Gasteiger partial charge >= 0.3 is 5.69 Å². The molecule has 0 aliphatic rings. The summed E-state index contributed by atoms with van der Waals surface area (Å²) in [6.45, 7) is 3.73. The number of hydrogen-bond acceptors (Lipinski definition) is 3. The van der Waals surface area contributed by atoms with Crippen molar-refractivity contribution < 1.29 is 4.79 Å². The Kier molecular flexibility index (Phi) is 2.65. The number of carbonyl (C=O) groups is 1. The van der Waals surface area contributed by atoms with Crippen LogP contribution in [0.15, 0.2) is 11.1 Å². The van der Waals surface area contributed by atoms with Crippen molar-refractivity contribution in [2.45, 2.75) is 20.4 Å². The minimum absolute atomic E-state index is 0.0371. The number of Topliss-reactive ketones (excluding diaryl/α,β-unsaturated/α-hetero) is 1. The molecule has 0 aliphatic heterocycles. The lowest BCUT2D eigenvalue weighted by atomic mass is 10.1. The van der Waals surface area contributed by atoms with E-state index in [0.717, 1.165) is 0 Å². The summed E-state index contributed by atoms with van der Waals surface area (Å²) in [6.07, 6.45) is 1.38. The van der Waals surface area contributed by atoms with Crippen molar-refractivity contribution in [1.82, 2.24) is 14.3 Å². The van der Waals surface area contributed by atoms with Gasteiger partial charge in [-0.25, -0.2) is 9.48 Å². The standard InChI is InChI=1S/C8H13N3O2/c1-6(2)7(12)4-11-5-9-10(3)8(11)13/h5-6H,4H2,1-3H3. The summed E-state index contributed by atoms with van der Waals surface area (Å²) in [7, 11) is 1.55. The second-order valence-electron chi connectivity index (χ2n) is 3.29. The number of aryl methyl sites for hydroxylation is 1. The normalized spacial score (nSPS) is 10.8. The summed E-state index contributed by atoms with van der Waals surface area (Å²) in [6, 6.07) is 0. The fraction of sp³-hybridized carbons (Fsp3) is 0.625. The summed E-state index contributed by atoms with van der Waals surface area (Å²) in [5.74, 6) is -0.0118. The fourth-order valence-electron chi connectivity index (χ4n) is 0.883. The van der Waals surface area contributed by atoms with Crippen LogP contribution in [0.4, 0.5) is 0 Å². The lowest BCUT2D eigenvalue weighted by Gasteiger charge is -2.02. The molecule has 0 aliphatic carbocycles. The molecule has 0 amide bonds. The Bertz CT molecular complexity index is 362. The zero-order valence-electron chi connectivity index (χ0n) is 8.02. The third-order valence-corrected chi connectivity index (χ3v) is 1.86. The first-order valence-corrected chi connectivity index (χ1v) is 4.13. The molecule has 13 heavy (non-hydrogen) atoms. The predicted octanol–water partition coefficient (Wildman–Crippen LogP) is -0.193. The first-order valence-electron chi connectivity index (χ1n) is 4.13. The number of aromatic nitrogens is 3. The van der Waals surface area contributed by atoms with E-state index in [9.17, 15) is 9.59 Å². The molecule has 0 unspecified atom stereocenters.